The van der Waals surface area contributed by atoms with Crippen LogP contribution < -0.4 is 10.1 Å². The highest BCUT2D eigenvalue weighted by Gasteiger charge is 2.22. The number of aryl methyl sites for hydroxylation is 1. The Bertz CT molecular complexity index is 963. The number of amides is 1. The number of thiophene rings is 1. The molecule has 3 aromatic rings. The van der Waals surface area contributed by atoms with Crippen molar-refractivity contribution in [1.29, 1.82) is 0 Å². The van der Waals surface area contributed by atoms with E-state index in [0.29, 0.717) is 33.1 Å². The van der Waals surface area contributed by atoms with Crippen molar-refractivity contribution < 1.29 is 14.3 Å². The molecule has 3 rings (SSSR count). The van der Waals surface area contributed by atoms with E-state index in [4.69, 9.17) is 9.47 Å². The van der Waals surface area contributed by atoms with E-state index in [0.717, 1.165) is 17.5 Å². The van der Waals surface area contributed by atoms with Crippen LogP contribution in [0.4, 0.5) is 5.82 Å². The summed E-state index contributed by atoms with van der Waals surface area (Å²) in [6.07, 6.45) is 1.68. The quantitative estimate of drug-likeness (QED) is 0.667. The lowest BCUT2D eigenvalue weighted by Crippen LogP contribution is -2.17. The van der Waals surface area contributed by atoms with Crippen LogP contribution in [0.5, 0.6) is 5.88 Å². The SMILES string of the molecule is COCc1nc(OC)c2c(C)c(C(=O)Nc3ccnn3CC(C)C)sc2n1. The largest absolute Gasteiger partial charge is 0.480 e. The van der Waals surface area contributed by atoms with Crippen molar-refractivity contribution in [2.24, 2.45) is 5.92 Å². The molecular weight excluding hydrogens is 366 g/mol. The number of anilines is 1. The van der Waals surface area contributed by atoms with Gasteiger partial charge in [-0.15, -0.1) is 11.3 Å². The minimum absolute atomic E-state index is 0.198. The van der Waals surface area contributed by atoms with Gasteiger partial charge in [0.05, 0.1) is 23.6 Å². The number of rotatable bonds is 7. The van der Waals surface area contributed by atoms with Gasteiger partial charge in [-0.3, -0.25) is 4.79 Å². The van der Waals surface area contributed by atoms with Gasteiger partial charge in [-0.1, -0.05) is 13.8 Å². The van der Waals surface area contributed by atoms with Crippen molar-refractivity contribution in [3.63, 3.8) is 0 Å². The monoisotopic (exact) mass is 389 g/mol. The topological polar surface area (TPSA) is 91.2 Å². The molecule has 0 spiro atoms. The van der Waals surface area contributed by atoms with Gasteiger partial charge >= 0.3 is 0 Å². The second-order valence-electron chi connectivity index (χ2n) is 6.56. The predicted molar refractivity (Wildman–Crippen MR) is 104 cm³/mol. The van der Waals surface area contributed by atoms with Crippen LogP contribution in [0.2, 0.25) is 0 Å². The molecule has 3 aromatic heterocycles. The van der Waals surface area contributed by atoms with Gasteiger partial charge in [0.25, 0.3) is 5.91 Å². The fraction of sp³-hybridized carbons (Fsp3) is 0.444. The summed E-state index contributed by atoms with van der Waals surface area (Å²) in [5.41, 5.74) is 0.795. The lowest BCUT2D eigenvalue weighted by atomic mass is 10.2. The van der Waals surface area contributed by atoms with E-state index in [-0.39, 0.29) is 12.5 Å². The minimum Gasteiger partial charge on any atom is -0.480 e. The molecule has 9 heteroatoms. The molecule has 0 aliphatic rings. The van der Waals surface area contributed by atoms with E-state index < -0.39 is 0 Å². The van der Waals surface area contributed by atoms with Crippen molar-refractivity contribution in [2.45, 2.75) is 33.9 Å². The molecule has 3 heterocycles. The highest BCUT2D eigenvalue weighted by molar-refractivity contribution is 7.20. The van der Waals surface area contributed by atoms with Crippen LogP contribution in [0.1, 0.15) is 34.9 Å². The number of hydrogen-bond donors (Lipinski definition) is 1. The number of carbonyl (C=O) groups is 1. The average Bonchev–Trinajstić information content (AvgIpc) is 3.18. The number of carbonyl (C=O) groups excluding carboxylic acids is 1. The number of fused-ring (bicyclic) bond motifs is 1. The zero-order chi connectivity index (χ0) is 19.6. The summed E-state index contributed by atoms with van der Waals surface area (Å²) in [7, 11) is 3.14. The van der Waals surface area contributed by atoms with Crippen LogP contribution >= 0.6 is 11.3 Å². The Morgan fingerprint density at radius 3 is 2.78 bits per heavy atom. The van der Waals surface area contributed by atoms with Gasteiger partial charge in [0.1, 0.15) is 17.3 Å². The van der Waals surface area contributed by atoms with Crippen molar-refractivity contribution in [1.82, 2.24) is 19.7 Å². The lowest BCUT2D eigenvalue weighted by molar-refractivity contribution is 0.102. The number of hydrogen-bond acceptors (Lipinski definition) is 7. The van der Waals surface area contributed by atoms with Crippen molar-refractivity contribution >= 4 is 33.3 Å². The van der Waals surface area contributed by atoms with Crippen LogP contribution in [-0.4, -0.2) is 39.9 Å². The first-order chi connectivity index (χ1) is 12.9. The Kier molecular flexibility index (Phi) is 5.71. The van der Waals surface area contributed by atoms with Gasteiger partial charge in [-0.2, -0.15) is 10.1 Å². The molecule has 0 unspecified atom stereocenters. The molecule has 0 aliphatic heterocycles. The summed E-state index contributed by atoms with van der Waals surface area (Å²) in [6, 6.07) is 1.79. The second kappa shape index (κ2) is 8.01. The van der Waals surface area contributed by atoms with Gasteiger partial charge in [0, 0.05) is 19.7 Å². The Hall–Kier alpha value is -2.52. The Morgan fingerprint density at radius 1 is 1.33 bits per heavy atom. The molecule has 0 saturated heterocycles. The van der Waals surface area contributed by atoms with Crippen molar-refractivity contribution in [2.75, 3.05) is 19.5 Å². The third-order valence-corrected chi connectivity index (χ3v) is 5.16. The number of nitrogens with one attached hydrogen (secondary N) is 1. The average molecular weight is 389 g/mol. The van der Waals surface area contributed by atoms with Gasteiger partial charge in [-0.25, -0.2) is 9.67 Å². The fourth-order valence-electron chi connectivity index (χ4n) is 2.81. The molecule has 0 aliphatic carbocycles. The van der Waals surface area contributed by atoms with Gasteiger partial charge in [-0.05, 0) is 18.4 Å². The Labute approximate surface area is 161 Å². The van der Waals surface area contributed by atoms with Crippen LogP contribution in [0.25, 0.3) is 10.2 Å². The maximum atomic E-state index is 12.9. The molecule has 0 bridgehead atoms. The molecule has 0 aromatic carbocycles. The first-order valence-corrected chi connectivity index (χ1v) is 9.42. The Morgan fingerprint density at radius 2 is 2.11 bits per heavy atom. The number of ether oxygens (including phenoxy) is 2. The maximum absolute atomic E-state index is 12.9. The number of methoxy groups -OCH3 is 2. The molecule has 1 amide bonds. The summed E-state index contributed by atoms with van der Waals surface area (Å²) in [5.74, 6) is 1.86. The molecular formula is C18H23N5O3S. The van der Waals surface area contributed by atoms with Crippen LogP contribution in [0.3, 0.4) is 0 Å². The molecule has 8 nitrogen and oxygen atoms in total. The van der Waals surface area contributed by atoms with E-state index in [9.17, 15) is 4.79 Å². The molecule has 0 saturated carbocycles. The van der Waals surface area contributed by atoms with Crippen LogP contribution in [0.15, 0.2) is 12.3 Å². The van der Waals surface area contributed by atoms with Crippen LogP contribution in [-0.2, 0) is 17.9 Å². The fourth-order valence-corrected chi connectivity index (χ4v) is 3.89. The maximum Gasteiger partial charge on any atom is 0.267 e. The van der Waals surface area contributed by atoms with E-state index >= 15 is 0 Å². The lowest BCUT2D eigenvalue weighted by Gasteiger charge is -2.10. The summed E-state index contributed by atoms with van der Waals surface area (Å²) in [5, 5.41) is 7.98. The van der Waals surface area contributed by atoms with Crippen molar-refractivity contribution in [3.8, 4) is 5.88 Å². The summed E-state index contributed by atoms with van der Waals surface area (Å²) >= 11 is 1.31. The van der Waals surface area contributed by atoms with E-state index in [1.54, 1.807) is 31.2 Å². The predicted octanol–water partition coefficient (Wildman–Crippen LogP) is 3.26. The highest BCUT2D eigenvalue weighted by atomic mass is 32.1. The molecule has 1 N–H and O–H groups in total. The molecule has 144 valence electrons. The third-order valence-electron chi connectivity index (χ3n) is 3.97. The summed E-state index contributed by atoms with van der Waals surface area (Å²) in [6.45, 7) is 7.09. The van der Waals surface area contributed by atoms with Gasteiger partial charge in [0.15, 0.2) is 5.82 Å². The van der Waals surface area contributed by atoms with Crippen molar-refractivity contribution in [3.05, 3.63) is 28.5 Å². The first kappa shape index (κ1) is 19.2. The molecule has 0 atom stereocenters. The Balaban J connectivity index is 1.96. The van der Waals surface area contributed by atoms with Gasteiger partial charge < -0.3 is 14.8 Å². The molecule has 0 radical (unpaired) electrons. The second-order valence-corrected chi connectivity index (χ2v) is 7.56. The minimum atomic E-state index is -0.198. The summed E-state index contributed by atoms with van der Waals surface area (Å²) in [4.78, 5) is 23.0. The number of aromatic nitrogens is 4. The third kappa shape index (κ3) is 3.93. The number of nitrogens with zero attached hydrogens (tertiary/aromatic N) is 4. The van der Waals surface area contributed by atoms with E-state index in [1.165, 1.54) is 11.3 Å². The highest BCUT2D eigenvalue weighted by Crippen LogP contribution is 2.35. The normalized spacial score (nSPS) is 11.3. The van der Waals surface area contributed by atoms with Crippen LogP contribution in [0, 0.1) is 12.8 Å². The molecule has 0 fully saturated rings. The molecule has 27 heavy (non-hydrogen) atoms. The van der Waals surface area contributed by atoms with E-state index in [2.05, 4.69) is 34.2 Å². The zero-order valence-corrected chi connectivity index (χ0v) is 16.9. The standard InChI is InChI=1S/C18H23N5O3S/c1-10(2)8-23-13(6-7-19-23)22-16(24)15-11(3)14-17(26-5)20-12(9-25-4)21-18(14)27-15/h6-7,10H,8-9H2,1-5H3,(H,22,24). The smallest absolute Gasteiger partial charge is 0.267 e. The van der Waals surface area contributed by atoms with Gasteiger partial charge in [0.2, 0.25) is 5.88 Å². The zero-order valence-electron chi connectivity index (χ0n) is 16.1. The first-order valence-electron chi connectivity index (χ1n) is 8.60. The summed E-state index contributed by atoms with van der Waals surface area (Å²) < 4.78 is 12.3. The van der Waals surface area contributed by atoms with E-state index in [1.807, 2.05) is 6.92 Å².